The minimum absolute atomic E-state index is 0.144. The summed E-state index contributed by atoms with van der Waals surface area (Å²) in [5.74, 6) is 0.680. The van der Waals surface area contributed by atoms with Crippen LogP contribution in [0.5, 0.6) is 0 Å². The van der Waals surface area contributed by atoms with E-state index >= 15 is 0 Å². The van der Waals surface area contributed by atoms with Gasteiger partial charge in [-0.2, -0.15) is 0 Å². The van der Waals surface area contributed by atoms with Gasteiger partial charge < -0.3 is 5.73 Å². The Hall–Kier alpha value is -1.42. The maximum atomic E-state index is 10.8. The first-order valence-corrected chi connectivity index (χ1v) is 5.17. The van der Waals surface area contributed by atoms with Gasteiger partial charge in [0.1, 0.15) is 0 Å². The summed E-state index contributed by atoms with van der Waals surface area (Å²) < 4.78 is 0. The molecule has 0 heterocycles. The maximum absolute atomic E-state index is 10.8. The summed E-state index contributed by atoms with van der Waals surface area (Å²) in [5, 5.41) is 10.8. The van der Waals surface area contributed by atoms with Gasteiger partial charge in [-0.05, 0) is 12.3 Å². The van der Waals surface area contributed by atoms with Crippen molar-refractivity contribution in [1.82, 2.24) is 0 Å². The van der Waals surface area contributed by atoms with Gasteiger partial charge in [0, 0.05) is 17.7 Å². The average Bonchev–Trinajstić information content (AvgIpc) is 3.01. The maximum Gasteiger partial charge on any atom is 0.274 e. The standard InChI is InChI=1S/C11H14N2O2/c12-10(7-8-5-6-8)9-3-1-2-4-11(9)13(14)15/h1-4,8,10H,5-7,12H2/t10-/m0/s1. The Morgan fingerprint density at radius 2 is 2.13 bits per heavy atom. The van der Waals surface area contributed by atoms with Gasteiger partial charge in [0.15, 0.2) is 0 Å². The Morgan fingerprint density at radius 1 is 1.47 bits per heavy atom. The van der Waals surface area contributed by atoms with E-state index in [1.807, 2.05) is 0 Å². The second-order valence-corrected chi connectivity index (χ2v) is 4.10. The van der Waals surface area contributed by atoms with E-state index in [9.17, 15) is 10.1 Å². The predicted octanol–water partition coefficient (Wildman–Crippen LogP) is 2.39. The highest BCUT2D eigenvalue weighted by atomic mass is 16.6. The van der Waals surface area contributed by atoms with Crippen molar-refractivity contribution in [2.45, 2.75) is 25.3 Å². The van der Waals surface area contributed by atoms with Crippen molar-refractivity contribution in [2.75, 3.05) is 0 Å². The van der Waals surface area contributed by atoms with Crippen LogP contribution in [0.3, 0.4) is 0 Å². The molecule has 0 saturated heterocycles. The molecule has 1 atom stereocenters. The third kappa shape index (κ3) is 2.33. The van der Waals surface area contributed by atoms with Crippen LogP contribution in [-0.4, -0.2) is 4.92 Å². The predicted molar refractivity (Wildman–Crippen MR) is 57.4 cm³/mol. The summed E-state index contributed by atoms with van der Waals surface area (Å²) >= 11 is 0. The molecule has 1 aliphatic rings. The third-order valence-electron chi connectivity index (χ3n) is 2.82. The molecule has 0 amide bonds. The zero-order valence-electron chi connectivity index (χ0n) is 8.43. The van der Waals surface area contributed by atoms with E-state index in [0.29, 0.717) is 11.5 Å². The van der Waals surface area contributed by atoms with Crippen molar-refractivity contribution in [3.8, 4) is 0 Å². The van der Waals surface area contributed by atoms with Gasteiger partial charge in [-0.1, -0.05) is 31.0 Å². The minimum atomic E-state index is -0.359. The Balaban J connectivity index is 2.20. The number of rotatable bonds is 4. The quantitative estimate of drug-likeness (QED) is 0.607. The van der Waals surface area contributed by atoms with Crippen molar-refractivity contribution < 1.29 is 4.92 Å². The van der Waals surface area contributed by atoms with E-state index in [0.717, 1.165) is 6.42 Å². The Kier molecular flexibility index (Phi) is 2.68. The van der Waals surface area contributed by atoms with Gasteiger partial charge in [0.25, 0.3) is 5.69 Å². The van der Waals surface area contributed by atoms with E-state index in [-0.39, 0.29) is 16.7 Å². The zero-order valence-corrected chi connectivity index (χ0v) is 8.43. The molecule has 1 aromatic carbocycles. The smallest absolute Gasteiger partial charge is 0.274 e. The molecular weight excluding hydrogens is 192 g/mol. The molecule has 4 nitrogen and oxygen atoms in total. The second-order valence-electron chi connectivity index (χ2n) is 4.10. The molecule has 4 heteroatoms. The molecule has 0 radical (unpaired) electrons. The second kappa shape index (κ2) is 3.98. The summed E-state index contributed by atoms with van der Waals surface area (Å²) in [7, 11) is 0. The Labute approximate surface area is 88.2 Å². The van der Waals surface area contributed by atoms with Gasteiger partial charge in [0.05, 0.1) is 4.92 Å². The fourth-order valence-electron chi connectivity index (χ4n) is 1.81. The summed E-state index contributed by atoms with van der Waals surface area (Å²) in [6.07, 6.45) is 3.30. The van der Waals surface area contributed by atoms with Crippen molar-refractivity contribution in [3.63, 3.8) is 0 Å². The lowest BCUT2D eigenvalue weighted by molar-refractivity contribution is -0.385. The molecule has 1 aliphatic carbocycles. The van der Waals surface area contributed by atoms with Crippen LogP contribution < -0.4 is 5.73 Å². The molecule has 0 unspecified atom stereocenters. The fourth-order valence-corrected chi connectivity index (χ4v) is 1.81. The molecule has 0 aliphatic heterocycles. The summed E-state index contributed by atoms with van der Waals surface area (Å²) in [4.78, 5) is 10.4. The van der Waals surface area contributed by atoms with Gasteiger partial charge in [0.2, 0.25) is 0 Å². The van der Waals surface area contributed by atoms with Crippen LogP contribution in [-0.2, 0) is 0 Å². The molecule has 15 heavy (non-hydrogen) atoms. The molecule has 0 bridgehead atoms. The molecule has 0 aromatic heterocycles. The van der Waals surface area contributed by atoms with E-state index < -0.39 is 0 Å². The highest BCUT2D eigenvalue weighted by Crippen LogP contribution is 2.38. The first kappa shape index (κ1) is 10.1. The normalized spacial score (nSPS) is 17.4. The molecule has 1 saturated carbocycles. The van der Waals surface area contributed by atoms with Crippen LogP contribution in [0.4, 0.5) is 5.69 Å². The number of hydrogen-bond acceptors (Lipinski definition) is 3. The molecule has 0 spiro atoms. The van der Waals surface area contributed by atoms with Crippen molar-refractivity contribution >= 4 is 5.69 Å². The summed E-state index contributed by atoms with van der Waals surface area (Å²) in [6, 6.07) is 6.55. The first-order chi connectivity index (χ1) is 7.18. The molecular formula is C11H14N2O2. The number of nitro benzene ring substituents is 1. The van der Waals surface area contributed by atoms with Crippen LogP contribution >= 0.6 is 0 Å². The lowest BCUT2D eigenvalue weighted by atomic mass is 10.0. The first-order valence-electron chi connectivity index (χ1n) is 5.17. The molecule has 80 valence electrons. The van der Waals surface area contributed by atoms with E-state index in [2.05, 4.69) is 0 Å². The minimum Gasteiger partial charge on any atom is -0.324 e. The number of nitrogens with zero attached hydrogens (tertiary/aromatic N) is 1. The van der Waals surface area contributed by atoms with Gasteiger partial charge in [-0.15, -0.1) is 0 Å². The lowest BCUT2D eigenvalue weighted by Gasteiger charge is -2.11. The van der Waals surface area contributed by atoms with E-state index in [4.69, 9.17) is 5.73 Å². The molecule has 2 rings (SSSR count). The third-order valence-corrected chi connectivity index (χ3v) is 2.82. The monoisotopic (exact) mass is 206 g/mol. The molecule has 2 N–H and O–H groups in total. The van der Waals surface area contributed by atoms with E-state index in [1.54, 1.807) is 18.2 Å². The van der Waals surface area contributed by atoms with Gasteiger partial charge in [-0.3, -0.25) is 10.1 Å². The van der Waals surface area contributed by atoms with Crippen LogP contribution in [0.25, 0.3) is 0 Å². The Morgan fingerprint density at radius 3 is 2.73 bits per heavy atom. The van der Waals surface area contributed by atoms with Crippen molar-refractivity contribution in [1.29, 1.82) is 0 Å². The number of benzene rings is 1. The van der Waals surface area contributed by atoms with Crippen LogP contribution in [0.15, 0.2) is 24.3 Å². The Bertz CT molecular complexity index is 375. The van der Waals surface area contributed by atoms with Crippen LogP contribution in [0, 0.1) is 16.0 Å². The van der Waals surface area contributed by atoms with Gasteiger partial charge in [-0.25, -0.2) is 0 Å². The van der Waals surface area contributed by atoms with Gasteiger partial charge >= 0.3 is 0 Å². The van der Waals surface area contributed by atoms with Crippen LogP contribution in [0.1, 0.15) is 30.9 Å². The number of nitro groups is 1. The SMILES string of the molecule is N[C@@H](CC1CC1)c1ccccc1[N+](=O)[O-]. The number of para-hydroxylation sites is 1. The largest absolute Gasteiger partial charge is 0.324 e. The van der Waals surface area contributed by atoms with E-state index in [1.165, 1.54) is 18.9 Å². The zero-order chi connectivity index (χ0) is 10.8. The van der Waals surface area contributed by atoms with Crippen molar-refractivity contribution in [3.05, 3.63) is 39.9 Å². The number of hydrogen-bond donors (Lipinski definition) is 1. The van der Waals surface area contributed by atoms with Crippen molar-refractivity contribution in [2.24, 2.45) is 11.7 Å². The molecule has 1 aromatic rings. The summed E-state index contributed by atoms with van der Waals surface area (Å²) in [6.45, 7) is 0. The topological polar surface area (TPSA) is 69.2 Å². The fraction of sp³-hybridized carbons (Fsp3) is 0.455. The lowest BCUT2D eigenvalue weighted by Crippen LogP contribution is -2.12. The highest BCUT2D eigenvalue weighted by molar-refractivity contribution is 5.41. The van der Waals surface area contributed by atoms with Crippen LogP contribution in [0.2, 0.25) is 0 Å². The molecule has 1 fully saturated rings. The average molecular weight is 206 g/mol. The highest BCUT2D eigenvalue weighted by Gasteiger charge is 2.27. The number of nitrogens with two attached hydrogens (primary N) is 1. The summed E-state index contributed by atoms with van der Waals surface area (Å²) in [5.41, 5.74) is 6.78.